The third-order valence-corrected chi connectivity index (χ3v) is 10.6. The second-order valence-corrected chi connectivity index (χ2v) is 14.6. The van der Waals surface area contributed by atoms with Crippen LogP contribution in [0.3, 0.4) is 0 Å². The van der Waals surface area contributed by atoms with E-state index in [2.05, 4.69) is 145 Å². The smallest absolute Gasteiger partial charge is 0.244 e. The SMILES string of the molecule is Cc1cc(C)cc(-c2oc3cc(C)cc4c3c2-c2cc(-c3ccccc3)cc3c2B4c2cc(C)cc4oc(-c5cc(C)cc(C)c5)c-3c24)c1. The number of hydrogen-bond acceptors (Lipinski definition) is 2. The summed E-state index contributed by atoms with van der Waals surface area (Å²) in [6.45, 7) is 13.1. The van der Waals surface area contributed by atoms with Gasteiger partial charge in [0.15, 0.2) is 0 Å². The Balaban J connectivity index is 1.41. The van der Waals surface area contributed by atoms with E-state index in [1.807, 2.05) is 0 Å². The molecule has 234 valence electrons. The highest BCUT2D eigenvalue weighted by Gasteiger charge is 2.43. The molecule has 0 spiro atoms. The van der Waals surface area contributed by atoms with Crippen molar-refractivity contribution in [2.45, 2.75) is 41.5 Å². The molecule has 6 aromatic carbocycles. The summed E-state index contributed by atoms with van der Waals surface area (Å²) < 4.78 is 14.0. The molecule has 0 radical (unpaired) electrons. The summed E-state index contributed by atoms with van der Waals surface area (Å²) in [6.07, 6.45) is 0. The van der Waals surface area contributed by atoms with Crippen molar-refractivity contribution >= 4 is 45.0 Å². The summed E-state index contributed by atoms with van der Waals surface area (Å²) in [4.78, 5) is 0. The van der Waals surface area contributed by atoms with Gasteiger partial charge in [-0.1, -0.05) is 93.2 Å². The van der Waals surface area contributed by atoms with Crippen molar-refractivity contribution in [2.24, 2.45) is 0 Å². The van der Waals surface area contributed by atoms with Gasteiger partial charge < -0.3 is 8.83 Å². The minimum Gasteiger partial charge on any atom is -0.455 e. The molecule has 0 unspecified atom stereocenters. The minimum absolute atomic E-state index is 0.0500. The van der Waals surface area contributed by atoms with Crippen molar-refractivity contribution in [1.29, 1.82) is 0 Å². The molecular weight excluding hydrogens is 595 g/mol. The third-order valence-electron chi connectivity index (χ3n) is 10.6. The Labute approximate surface area is 287 Å². The molecule has 2 aromatic heterocycles. The van der Waals surface area contributed by atoms with Gasteiger partial charge in [-0.25, -0.2) is 0 Å². The number of rotatable bonds is 3. The molecule has 0 aliphatic carbocycles. The van der Waals surface area contributed by atoms with Crippen LogP contribution in [0.2, 0.25) is 0 Å². The summed E-state index contributed by atoms with van der Waals surface area (Å²) >= 11 is 0. The zero-order chi connectivity index (χ0) is 33.3. The van der Waals surface area contributed by atoms with Crippen LogP contribution in [0, 0.1) is 41.5 Å². The summed E-state index contributed by atoms with van der Waals surface area (Å²) in [5, 5.41) is 2.45. The zero-order valence-corrected chi connectivity index (χ0v) is 28.7. The van der Waals surface area contributed by atoms with E-state index < -0.39 is 0 Å². The van der Waals surface area contributed by atoms with Gasteiger partial charge in [0.05, 0.1) is 0 Å². The molecule has 2 aliphatic heterocycles. The predicted molar refractivity (Wildman–Crippen MR) is 206 cm³/mol. The fourth-order valence-corrected chi connectivity index (χ4v) is 9.05. The fourth-order valence-electron chi connectivity index (χ4n) is 9.05. The quantitative estimate of drug-likeness (QED) is 0.182. The summed E-state index contributed by atoms with van der Waals surface area (Å²) in [5.41, 5.74) is 22.8. The zero-order valence-electron chi connectivity index (χ0n) is 28.7. The molecule has 3 heteroatoms. The monoisotopic (exact) mass is 630 g/mol. The lowest BCUT2D eigenvalue weighted by molar-refractivity contribution is 0.632. The number of hydrogen-bond donors (Lipinski definition) is 0. The van der Waals surface area contributed by atoms with E-state index in [0.717, 1.165) is 33.8 Å². The van der Waals surface area contributed by atoms with Gasteiger partial charge in [0.2, 0.25) is 6.71 Å². The van der Waals surface area contributed by atoms with Crippen LogP contribution in [0.1, 0.15) is 33.4 Å². The number of aryl methyl sites for hydroxylation is 6. The van der Waals surface area contributed by atoms with Crippen LogP contribution in [-0.2, 0) is 0 Å². The second kappa shape index (κ2) is 10.00. The van der Waals surface area contributed by atoms with Crippen molar-refractivity contribution in [3.05, 3.63) is 137 Å². The third kappa shape index (κ3) is 4.09. The van der Waals surface area contributed by atoms with Crippen LogP contribution in [-0.4, -0.2) is 6.71 Å². The molecule has 0 amide bonds. The van der Waals surface area contributed by atoms with Crippen molar-refractivity contribution in [3.8, 4) is 56.0 Å². The topological polar surface area (TPSA) is 26.3 Å². The highest BCUT2D eigenvalue weighted by atomic mass is 16.3. The molecule has 10 rings (SSSR count). The molecule has 49 heavy (non-hydrogen) atoms. The number of benzene rings is 6. The Morgan fingerprint density at radius 2 is 0.837 bits per heavy atom. The van der Waals surface area contributed by atoms with E-state index in [9.17, 15) is 0 Å². The fraction of sp³-hybridized carbons (Fsp3) is 0.130. The molecule has 0 bridgehead atoms. The predicted octanol–water partition coefficient (Wildman–Crippen LogP) is 10.5. The lowest BCUT2D eigenvalue weighted by Crippen LogP contribution is -2.57. The van der Waals surface area contributed by atoms with Gasteiger partial charge in [-0.05, 0) is 123 Å². The van der Waals surface area contributed by atoms with Crippen molar-refractivity contribution in [1.82, 2.24) is 0 Å². The Bertz CT molecular complexity index is 2520. The van der Waals surface area contributed by atoms with Crippen LogP contribution >= 0.6 is 0 Å². The van der Waals surface area contributed by atoms with E-state index in [0.29, 0.717) is 0 Å². The van der Waals surface area contributed by atoms with E-state index >= 15 is 0 Å². The van der Waals surface area contributed by atoms with Crippen molar-refractivity contribution < 1.29 is 8.83 Å². The molecule has 0 fully saturated rings. The van der Waals surface area contributed by atoms with Gasteiger partial charge in [-0.15, -0.1) is 0 Å². The Morgan fingerprint density at radius 1 is 0.408 bits per heavy atom. The summed E-state index contributed by atoms with van der Waals surface area (Å²) in [6, 6.07) is 38.4. The highest BCUT2D eigenvalue weighted by molar-refractivity contribution is 7.01. The maximum absolute atomic E-state index is 7.00. The van der Waals surface area contributed by atoms with Crippen LogP contribution in [0.5, 0.6) is 0 Å². The first-order valence-corrected chi connectivity index (χ1v) is 17.3. The van der Waals surface area contributed by atoms with Gasteiger partial charge >= 0.3 is 0 Å². The molecule has 4 heterocycles. The average molecular weight is 631 g/mol. The second-order valence-electron chi connectivity index (χ2n) is 14.6. The van der Waals surface area contributed by atoms with E-state index in [1.54, 1.807) is 0 Å². The maximum atomic E-state index is 7.00. The number of furan rings is 2. The summed E-state index contributed by atoms with van der Waals surface area (Å²) in [7, 11) is 0. The van der Waals surface area contributed by atoms with Gasteiger partial charge in [-0.3, -0.25) is 0 Å². The maximum Gasteiger partial charge on any atom is 0.244 e. The molecule has 2 aliphatic rings. The summed E-state index contributed by atoms with van der Waals surface area (Å²) in [5.74, 6) is 1.89. The first kappa shape index (κ1) is 28.5. The van der Waals surface area contributed by atoms with Crippen LogP contribution in [0.25, 0.3) is 78.0 Å². The van der Waals surface area contributed by atoms with Gasteiger partial charge in [0.1, 0.15) is 22.7 Å². The molecular formula is C46H35BO2. The lowest BCUT2D eigenvalue weighted by Gasteiger charge is -2.32. The Hall–Kier alpha value is -5.54. The van der Waals surface area contributed by atoms with Crippen LogP contribution < -0.4 is 16.4 Å². The first-order valence-electron chi connectivity index (χ1n) is 17.3. The standard InChI is InChI=1S/C46H35BO2/c1-24-12-25(2)15-32(14-24)45-40-34-22-31(30-10-8-7-9-11-30)23-35-41-43-37(47(44(34)35)36-18-28(5)20-38(48-45)42(36)40)19-29(6)21-39(43)49-46(41)33-16-26(3)13-27(4)17-33/h7-23H,1-6H3. The Morgan fingerprint density at radius 3 is 1.29 bits per heavy atom. The van der Waals surface area contributed by atoms with Gasteiger partial charge in [-0.2, -0.15) is 0 Å². The number of fused-ring (bicyclic) bond motifs is 4. The van der Waals surface area contributed by atoms with Gasteiger partial charge in [0.25, 0.3) is 0 Å². The van der Waals surface area contributed by atoms with Crippen LogP contribution in [0.4, 0.5) is 0 Å². The van der Waals surface area contributed by atoms with E-state index in [1.165, 1.54) is 93.9 Å². The molecule has 8 aromatic rings. The molecule has 2 nitrogen and oxygen atoms in total. The highest BCUT2D eigenvalue weighted by Crippen LogP contribution is 2.49. The van der Waals surface area contributed by atoms with Crippen molar-refractivity contribution in [2.75, 3.05) is 0 Å². The van der Waals surface area contributed by atoms with Crippen molar-refractivity contribution in [3.63, 3.8) is 0 Å². The van der Waals surface area contributed by atoms with E-state index in [4.69, 9.17) is 8.83 Å². The Kier molecular flexibility index (Phi) is 5.81. The first-order chi connectivity index (χ1) is 23.7. The molecule has 0 saturated carbocycles. The normalized spacial score (nSPS) is 12.7. The van der Waals surface area contributed by atoms with Gasteiger partial charge in [0, 0.05) is 33.0 Å². The van der Waals surface area contributed by atoms with Crippen LogP contribution in [0.15, 0.2) is 112 Å². The minimum atomic E-state index is 0.0500. The molecule has 0 atom stereocenters. The largest absolute Gasteiger partial charge is 0.455 e. The average Bonchev–Trinajstić information content (AvgIpc) is 3.64. The molecule has 0 N–H and O–H groups in total. The lowest BCUT2D eigenvalue weighted by atomic mass is 9.31. The van der Waals surface area contributed by atoms with E-state index in [-0.39, 0.29) is 6.71 Å². The molecule has 0 saturated heterocycles.